The summed E-state index contributed by atoms with van der Waals surface area (Å²) in [4.78, 5) is 0.328. The Morgan fingerprint density at radius 2 is 1.71 bits per heavy atom. The molecule has 2 atom stereocenters. The van der Waals surface area contributed by atoms with E-state index in [2.05, 4.69) is 53.1 Å². The van der Waals surface area contributed by atoms with E-state index in [-0.39, 0.29) is 30.9 Å². The zero-order chi connectivity index (χ0) is 22.8. The van der Waals surface area contributed by atoms with Gasteiger partial charge in [0.1, 0.15) is 5.58 Å². The first-order valence-electron chi connectivity index (χ1n) is 11.3. The highest BCUT2D eigenvalue weighted by molar-refractivity contribution is 7.90. The number of fused-ring (bicyclic) bond motifs is 1. The van der Waals surface area contributed by atoms with E-state index in [1.165, 1.54) is 11.8 Å². The third-order valence-corrected chi connectivity index (χ3v) is 7.54. The summed E-state index contributed by atoms with van der Waals surface area (Å²) in [6.45, 7) is 1.72. The number of rotatable bonds is 6. The van der Waals surface area contributed by atoms with Crippen molar-refractivity contribution >= 4 is 45.6 Å². The van der Waals surface area contributed by atoms with Crippen LogP contribution in [0.25, 0.3) is 22.1 Å². The van der Waals surface area contributed by atoms with Crippen LogP contribution in [0.3, 0.4) is 0 Å². The van der Waals surface area contributed by atoms with Crippen LogP contribution in [0.2, 0.25) is 0 Å². The number of hydrogen-bond acceptors (Lipinski definition) is 5. The van der Waals surface area contributed by atoms with E-state index < -0.39 is 9.84 Å². The van der Waals surface area contributed by atoms with Crippen LogP contribution >= 0.6 is 24.8 Å². The van der Waals surface area contributed by atoms with Gasteiger partial charge in [-0.15, -0.1) is 24.8 Å². The van der Waals surface area contributed by atoms with Crippen molar-refractivity contribution < 1.29 is 12.8 Å². The van der Waals surface area contributed by atoms with Gasteiger partial charge in [-0.25, -0.2) is 8.42 Å². The largest absolute Gasteiger partial charge is 0.464 e. The van der Waals surface area contributed by atoms with E-state index in [9.17, 15) is 8.42 Å². The van der Waals surface area contributed by atoms with Crippen molar-refractivity contribution in [3.63, 3.8) is 0 Å². The Hall–Kier alpha value is -2.35. The minimum Gasteiger partial charge on any atom is -0.464 e. The summed E-state index contributed by atoms with van der Waals surface area (Å²) >= 11 is 0. The van der Waals surface area contributed by atoms with Crippen molar-refractivity contribution in [2.75, 3.05) is 12.8 Å². The summed E-state index contributed by atoms with van der Waals surface area (Å²) in [5.74, 6) is 0. The molecule has 5 rings (SSSR count). The maximum atomic E-state index is 11.8. The summed E-state index contributed by atoms with van der Waals surface area (Å²) in [6.07, 6.45) is 5.20. The maximum absolute atomic E-state index is 11.8. The van der Waals surface area contributed by atoms with Crippen LogP contribution in [-0.2, 0) is 16.4 Å². The lowest BCUT2D eigenvalue weighted by Crippen LogP contribution is -2.45. The second-order valence-electron chi connectivity index (χ2n) is 8.74. The molecule has 4 aromatic rings. The zero-order valence-corrected chi connectivity index (χ0v) is 21.9. The van der Waals surface area contributed by atoms with Crippen molar-refractivity contribution in [1.29, 1.82) is 0 Å². The molecule has 8 heteroatoms. The van der Waals surface area contributed by atoms with Gasteiger partial charge in [-0.2, -0.15) is 0 Å². The lowest BCUT2D eigenvalue weighted by molar-refractivity contribution is 0.304. The van der Waals surface area contributed by atoms with Crippen LogP contribution in [0.4, 0.5) is 0 Å². The number of piperidine rings is 1. The molecule has 1 aliphatic heterocycles. The van der Waals surface area contributed by atoms with E-state index in [1.807, 2.05) is 18.2 Å². The van der Waals surface area contributed by atoms with Gasteiger partial charge >= 0.3 is 0 Å². The predicted molar refractivity (Wildman–Crippen MR) is 146 cm³/mol. The SMILES string of the molecule is CS(=O)(=O)c1ccc(-c2cc(CN[C@@H]3CCCN[C@@H]3c3ccccc3)c3occc3c2)cc1.Cl.Cl. The smallest absolute Gasteiger partial charge is 0.175 e. The fourth-order valence-corrected chi connectivity index (χ4v) is 5.34. The lowest BCUT2D eigenvalue weighted by atomic mass is 9.92. The van der Waals surface area contributed by atoms with Crippen LogP contribution in [0.5, 0.6) is 0 Å². The summed E-state index contributed by atoms with van der Waals surface area (Å²) in [5, 5.41) is 8.49. The molecule has 0 unspecified atom stereocenters. The molecule has 3 aromatic carbocycles. The minimum absolute atomic E-state index is 0. The first-order chi connectivity index (χ1) is 16.0. The van der Waals surface area contributed by atoms with Crippen LogP contribution in [-0.4, -0.2) is 27.3 Å². The standard InChI is InChI=1S/C27H28N2O3S.2ClH/c1-33(30,31)24-11-9-19(10-12-24)22-16-21-13-15-32-27(21)23(17-22)18-29-25-8-5-14-28-26(25)20-6-3-2-4-7-20;;/h2-4,6-7,9-13,15-17,25-26,28-29H,5,8,14,18H2,1H3;2*1H/t25-,26-;;/m1../s1. The quantitative estimate of drug-likeness (QED) is 0.322. The monoisotopic (exact) mass is 532 g/mol. The zero-order valence-electron chi connectivity index (χ0n) is 19.4. The molecule has 0 aliphatic carbocycles. The molecule has 1 aliphatic rings. The van der Waals surface area contributed by atoms with E-state index >= 15 is 0 Å². The van der Waals surface area contributed by atoms with E-state index in [0.29, 0.717) is 17.5 Å². The van der Waals surface area contributed by atoms with Crippen molar-refractivity contribution in [2.45, 2.75) is 36.4 Å². The van der Waals surface area contributed by atoms with Crippen molar-refractivity contribution in [3.8, 4) is 11.1 Å². The van der Waals surface area contributed by atoms with Crippen molar-refractivity contribution in [3.05, 3.63) is 90.2 Å². The van der Waals surface area contributed by atoms with Crippen molar-refractivity contribution in [1.82, 2.24) is 10.6 Å². The maximum Gasteiger partial charge on any atom is 0.175 e. The molecule has 2 N–H and O–H groups in total. The molecule has 1 saturated heterocycles. The van der Waals surface area contributed by atoms with Gasteiger partial charge in [0.05, 0.1) is 11.2 Å². The van der Waals surface area contributed by atoms with Gasteiger partial charge < -0.3 is 15.1 Å². The molecule has 1 fully saturated rings. The number of furan rings is 1. The second-order valence-corrected chi connectivity index (χ2v) is 10.8. The average Bonchev–Trinajstić information content (AvgIpc) is 3.32. The number of benzene rings is 3. The highest BCUT2D eigenvalue weighted by Crippen LogP contribution is 2.30. The number of nitrogens with one attached hydrogen (secondary N) is 2. The molecule has 0 radical (unpaired) electrons. The van der Waals surface area contributed by atoms with Gasteiger partial charge in [-0.3, -0.25) is 0 Å². The molecular weight excluding hydrogens is 503 g/mol. The van der Waals surface area contributed by atoms with Gasteiger partial charge in [0.15, 0.2) is 9.84 Å². The summed E-state index contributed by atoms with van der Waals surface area (Å²) < 4.78 is 29.4. The molecule has 186 valence electrons. The van der Waals surface area contributed by atoms with Crippen LogP contribution < -0.4 is 10.6 Å². The Balaban J connectivity index is 0.00000171. The molecule has 35 heavy (non-hydrogen) atoms. The Morgan fingerprint density at radius 1 is 0.971 bits per heavy atom. The molecular formula is C27H30Cl2N2O3S. The van der Waals surface area contributed by atoms with E-state index in [1.54, 1.807) is 18.4 Å². The number of halogens is 2. The Bertz CT molecular complexity index is 1360. The third-order valence-electron chi connectivity index (χ3n) is 6.42. The van der Waals surface area contributed by atoms with Crippen LogP contribution in [0.1, 0.15) is 30.0 Å². The van der Waals surface area contributed by atoms with Gasteiger partial charge in [-0.1, -0.05) is 42.5 Å². The van der Waals surface area contributed by atoms with Crippen LogP contribution in [0, 0.1) is 0 Å². The molecule has 0 saturated carbocycles. The van der Waals surface area contributed by atoms with Gasteiger partial charge in [0, 0.05) is 35.8 Å². The van der Waals surface area contributed by atoms with Crippen LogP contribution in [0.15, 0.2) is 88.4 Å². The topological polar surface area (TPSA) is 71.3 Å². The molecule has 0 spiro atoms. The molecule has 2 heterocycles. The Kier molecular flexibility index (Phi) is 9.02. The minimum atomic E-state index is -3.22. The van der Waals surface area contributed by atoms with Gasteiger partial charge in [-0.05, 0) is 66.4 Å². The number of sulfone groups is 1. The first kappa shape index (κ1) is 27.2. The summed E-state index contributed by atoms with van der Waals surface area (Å²) in [6, 6.07) is 24.5. The van der Waals surface area contributed by atoms with Crippen molar-refractivity contribution in [2.24, 2.45) is 0 Å². The van der Waals surface area contributed by atoms with E-state index in [0.717, 1.165) is 47.0 Å². The van der Waals surface area contributed by atoms with Gasteiger partial charge in [0.2, 0.25) is 0 Å². The summed E-state index contributed by atoms with van der Waals surface area (Å²) in [5.41, 5.74) is 5.31. The Labute approximate surface area is 219 Å². The highest BCUT2D eigenvalue weighted by atomic mass is 35.5. The molecule has 0 amide bonds. The fourth-order valence-electron chi connectivity index (χ4n) is 4.71. The highest BCUT2D eigenvalue weighted by Gasteiger charge is 2.26. The molecule has 1 aromatic heterocycles. The summed E-state index contributed by atoms with van der Waals surface area (Å²) in [7, 11) is -3.22. The average molecular weight is 534 g/mol. The first-order valence-corrected chi connectivity index (χ1v) is 13.2. The number of hydrogen-bond donors (Lipinski definition) is 2. The second kappa shape index (κ2) is 11.6. The molecule has 5 nitrogen and oxygen atoms in total. The van der Waals surface area contributed by atoms with E-state index in [4.69, 9.17) is 4.42 Å². The Morgan fingerprint density at radius 3 is 2.43 bits per heavy atom. The predicted octanol–water partition coefficient (Wildman–Crippen LogP) is 5.93. The fraction of sp³-hybridized carbons (Fsp3) is 0.259. The lowest BCUT2D eigenvalue weighted by Gasteiger charge is -2.34. The normalized spacial score (nSPS) is 18.0. The molecule has 0 bridgehead atoms. The van der Waals surface area contributed by atoms with Gasteiger partial charge in [0.25, 0.3) is 0 Å². The third kappa shape index (κ3) is 6.08.